The predicted octanol–water partition coefficient (Wildman–Crippen LogP) is 14.6. The number of hydrogen-bond acceptors (Lipinski definition) is 3. The molecule has 1 aliphatic rings. The minimum Gasteiger partial charge on any atom is -0.341 e. The molecule has 0 saturated heterocycles. The van der Waals surface area contributed by atoms with Crippen molar-refractivity contribution in [2.75, 3.05) is 21.7 Å². The Hall–Kier alpha value is -7.56. The Morgan fingerprint density at radius 1 is 0.368 bits per heavy atom. The summed E-state index contributed by atoms with van der Waals surface area (Å²) < 4.78 is 2.37. The van der Waals surface area contributed by atoms with Gasteiger partial charge in [0, 0.05) is 46.0 Å². The molecular weight excluding hydrogens is 693 g/mol. The fourth-order valence-electron chi connectivity index (χ4n) is 8.80. The Morgan fingerprint density at radius 3 is 1.77 bits per heavy atom. The lowest BCUT2D eigenvalue weighted by Gasteiger charge is -2.38. The Bertz CT molecular complexity index is 3090. The van der Waals surface area contributed by atoms with Crippen LogP contribution in [-0.4, -0.2) is 11.6 Å². The lowest BCUT2D eigenvalue weighted by Crippen LogP contribution is -2.24. The topological polar surface area (TPSA) is 14.7 Å². The van der Waals surface area contributed by atoms with Gasteiger partial charge >= 0.3 is 0 Å². The number of para-hydroxylation sites is 5. The van der Waals surface area contributed by atoms with Gasteiger partial charge in [-0.05, 0) is 108 Å². The van der Waals surface area contributed by atoms with Gasteiger partial charge in [0.2, 0.25) is 0 Å². The molecule has 0 spiro atoms. The van der Waals surface area contributed by atoms with E-state index in [0.717, 1.165) is 34.1 Å². The van der Waals surface area contributed by atoms with Crippen LogP contribution in [0, 0.1) is 0 Å². The van der Waals surface area contributed by atoms with E-state index < -0.39 is 0 Å². The summed E-state index contributed by atoms with van der Waals surface area (Å²) in [5, 5.41) is 4.87. The van der Waals surface area contributed by atoms with Crippen molar-refractivity contribution in [1.82, 2.24) is 4.57 Å². The molecule has 0 saturated carbocycles. The van der Waals surface area contributed by atoms with Crippen LogP contribution in [0.25, 0.3) is 49.4 Å². The molecule has 1 aliphatic heterocycles. The van der Waals surface area contributed by atoms with E-state index in [4.69, 9.17) is 0 Å². The molecular formula is C53H38N4. The minimum atomic E-state index is 1.10. The SMILES string of the molecule is CN1c2ccccc2N(c2ccccc2)c2ccc(-c3ccc(N(c4ccc5c(c4)c4ccccc4n5-c4ccccc4)c4cccc5ccccc45)cc3)cc21. The van der Waals surface area contributed by atoms with Crippen molar-refractivity contribution in [2.24, 2.45) is 0 Å². The average molecular weight is 731 g/mol. The molecule has 0 atom stereocenters. The molecule has 4 nitrogen and oxygen atoms in total. The van der Waals surface area contributed by atoms with Gasteiger partial charge in [0.15, 0.2) is 0 Å². The molecule has 10 aromatic rings. The van der Waals surface area contributed by atoms with Gasteiger partial charge in [0.25, 0.3) is 0 Å². The van der Waals surface area contributed by atoms with Gasteiger partial charge in [-0.1, -0.05) is 121 Å². The van der Waals surface area contributed by atoms with Crippen LogP contribution in [0.15, 0.2) is 212 Å². The van der Waals surface area contributed by atoms with Crippen LogP contribution in [0.4, 0.5) is 45.5 Å². The van der Waals surface area contributed by atoms with Gasteiger partial charge in [0.05, 0.1) is 39.5 Å². The highest BCUT2D eigenvalue weighted by Gasteiger charge is 2.28. The molecule has 0 bridgehead atoms. The number of aromatic nitrogens is 1. The Morgan fingerprint density at radius 2 is 0.965 bits per heavy atom. The maximum Gasteiger partial charge on any atom is 0.0700 e. The molecule has 57 heavy (non-hydrogen) atoms. The standard InChI is InChI=1S/C53H38N4/c1-54-50-24-12-13-25-51(50)57(41-19-6-3-7-20-41)52-33-29-39(35-53(52)54)37-27-30-42(31-28-37)55(47-26-14-16-38-15-8-9-21-44(38)47)43-32-34-49-46(36-43)45-22-10-11-23-48(45)56(49)40-17-4-2-5-18-40/h2-36H,1H3. The molecule has 2 heterocycles. The third kappa shape index (κ3) is 5.37. The van der Waals surface area contributed by atoms with E-state index in [9.17, 15) is 0 Å². The molecule has 0 aliphatic carbocycles. The number of fused-ring (bicyclic) bond motifs is 6. The molecule has 0 radical (unpaired) electrons. The van der Waals surface area contributed by atoms with Crippen molar-refractivity contribution >= 4 is 78.1 Å². The zero-order chi connectivity index (χ0) is 37.9. The van der Waals surface area contributed by atoms with Crippen molar-refractivity contribution in [3.63, 3.8) is 0 Å². The van der Waals surface area contributed by atoms with Crippen LogP contribution >= 0.6 is 0 Å². The summed E-state index contributed by atoms with van der Waals surface area (Å²) in [4.78, 5) is 7.10. The third-order valence-electron chi connectivity index (χ3n) is 11.5. The van der Waals surface area contributed by atoms with Crippen molar-refractivity contribution in [1.29, 1.82) is 0 Å². The number of hydrogen-bond donors (Lipinski definition) is 0. The fourth-order valence-corrected chi connectivity index (χ4v) is 8.80. The van der Waals surface area contributed by atoms with Crippen LogP contribution in [0.3, 0.4) is 0 Å². The highest BCUT2D eigenvalue weighted by atomic mass is 15.3. The van der Waals surface area contributed by atoms with Crippen LogP contribution in [0.1, 0.15) is 0 Å². The second kappa shape index (κ2) is 13.3. The second-order valence-corrected chi connectivity index (χ2v) is 14.7. The fraction of sp³-hybridized carbons (Fsp3) is 0.0189. The van der Waals surface area contributed by atoms with E-state index in [-0.39, 0.29) is 0 Å². The molecule has 1 aromatic heterocycles. The Balaban J connectivity index is 1.04. The predicted molar refractivity (Wildman–Crippen MR) is 241 cm³/mol. The van der Waals surface area contributed by atoms with E-state index >= 15 is 0 Å². The summed E-state index contributed by atoms with van der Waals surface area (Å²) >= 11 is 0. The summed E-state index contributed by atoms with van der Waals surface area (Å²) in [5.74, 6) is 0. The van der Waals surface area contributed by atoms with E-state index in [0.29, 0.717) is 0 Å². The van der Waals surface area contributed by atoms with E-state index in [1.165, 1.54) is 60.8 Å². The van der Waals surface area contributed by atoms with Crippen LogP contribution in [0.5, 0.6) is 0 Å². The quantitative estimate of drug-likeness (QED) is 0.169. The molecule has 0 N–H and O–H groups in total. The van der Waals surface area contributed by atoms with E-state index in [2.05, 4.69) is 239 Å². The van der Waals surface area contributed by atoms with Gasteiger partial charge in [-0.15, -0.1) is 0 Å². The molecule has 4 heteroatoms. The summed E-state index contributed by atoms with van der Waals surface area (Å²) in [6, 6.07) is 76.8. The van der Waals surface area contributed by atoms with Gasteiger partial charge in [0.1, 0.15) is 0 Å². The van der Waals surface area contributed by atoms with E-state index in [1.807, 2.05) is 0 Å². The van der Waals surface area contributed by atoms with Crippen molar-refractivity contribution in [3.05, 3.63) is 212 Å². The number of nitrogens with zero attached hydrogens (tertiary/aromatic N) is 4. The van der Waals surface area contributed by atoms with Gasteiger partial charge in [-0.2, -0.15) is 0 Å². The maximum absolute atomic E-state index is 2.41. The first kappa shape index (κ1) is 32.8. The summed E-state index contributed by atoms with van der Waals surface area (Å²) in [6.45, 7) is 0. The summed E-state index contributed by atoms with van der Waals surface area (Å²) in [6.07, 6.45) is 0. The summed E-state index contributed by atoms with van der Waals surface area (Å²) in [7, 11) is 2.17. The van der Waals surface area contributed by atoms with Crippen molar-refractivity contribution in [3.8, 4) is 16.8 Å². The highest BCUT2D eigenvalue weighted by molar-refractivity contribution is 6.11. The highest BCUT2D eigenvalue weighted by Crippen LogP contribution is 2.51. The zero-order valence-electron chi connectivity index (χ0n) is 31.5. The van der Waals surface area contributed by atoms with Crippen LogP contribution in [-0.2, 0) is 0 Å². The first-order chi connectivity index (χ1) is 28.2. The normalized spacial score (nSPS) is 12.2. The molecule has 11 rings (SSSR count). The van der Waals surface area contributed by atoms with Crippen LogP contribution < -0.4 is 14.7 Å². The first-order valence-electron chi connectivity index (χ1n) is 19.5. The molecule has 0 amide bonds. The van der Waals surface area contributed by atoms with Gasteiger partial charge in [-0.3, -0.25) is 0 Å². The van der Waals surface area contributed by atoms with Gasteiger partial charge in [-0.25, -0.2) is 0 Å². The lowest BCUT2D eigenvalue weighted by molar-refractivity contribution is 1.13. The number of benzene rings is 9. The maximum atomic E-state index is 2.41. The van der Waals surface area contributed by atoms with Crippen molar-refractivity contribution in [2.45, 2.75) is 0 Å². The molecule has 9 aromatic carbocycles. The summed E-state index contributed by atoms with van der Waals surface area (Å²) in [5.41, 5.74) is 15.0. The minimum absolute atomic E-state index is 1.10. The Kier molecular flexibility index (Phi) is 7.68. The smallest absolute Gasteiger partial charge is 0.0700 e. The average Bonchev–Trinajstić information content (AvgIpc) is 3.61. The largest absolute Gasteiger partial charge is 0.341 e. The lowest BCUT2D eigenvalue weighted by atomic mass is 9.99. The van der Waals surface area contributed by atoms with Crippen molar-refractivity contribution < 1.29 is 0 Å². The first-order valence-corrected chi connectivity index (χ1v) is 19.5. The molecule has 270 valence electrons. The van der Waals surface area contributed by atoms with E-state index in [1.54, 1.807) is 0 Å². The number of anilines is 8. The monoisotopic (exact) mass is 730 g/mol. The number of rotatable bonds is 6. The molecule has 0 unspecified atom stereocenters. The second-order valence-electron chi connectivity index (χ2n) is 14.7. The van der Waals surface area contributed by atoms with Gasteiger partial charge < -0.3 is 19.3 Å². The molecule has 0 fully saturated rings. The van der Waals surface area contributed by atoms with Crippen LogP contribution in [0.2, 0.25) is 0 Å². The zero-order valence-corrected chi connectivity index (χ0v) is 31.5. The third-order valence-corrected chi connectivity index (χ3v) is 11.5. The Labute approximate surface area is 332 Å².